The smallest absolute Gasteiger partial charge is 0.134 e. The van der Waals surface area contributed by atoms with E-state index >= 15 is 0 Å². The molecule has 17 heavy (non-hydrogen) atoms. The molecule has 2 aromatic carbocycles. The molecule has 0 aliphatic carbocycles. The minimum atomic E-state index is 0.185. The summed E-state index contributed by atoms with van der Waals surface area (Å²) in [6.45, 7) is 0.957. The van der Waals surface area contributed by atoms with E-state index in [1.54, 1.807) is 0 Å². The van der Waals surface area contributed by atoms with Crippen LogP contribution in [-0.4, -0.2) is 6.54 Å². The fourth-order valence-corrected chi connectivity index (χ4v) is 2.90. The molecule has 2 aliphatic rings. The minimum absolute atomic E-state index is 0.185. The van der Waals surface area contributed by atoms with Gasteiger partial charge in [0.2, 0.25) is 0 Å². The quantitative estimate of drug-likeness (QED) is 0.739. The predicted octanol–water partition coefficient (Wildman–Crippen LogP) is 3.33. The molecule has 2 heterocycles. The Labute approximate surface area is 100 Å². The van der Waals surface area contributed by atoms with Gasteiger partial charge in [-0.15, -0.1) is 0 Å². The van der Waals surface area contributed by atoms with E-state index in [4.69, 9.17) is 4.74 Å². The summed E-state index contributed by atoms with van der Waals surface area (Å²) in [6.07, 6.45) is 0.185. The molecule has 0 bridgehead atoms. The molecule has 0 aromatic heterocycles. The van der Waals surface area contributed by atoms with Gasteiger partial charge >= 0.3 is 0 Å². The number of hydrogen-bond donors (Lipinski definition) is 1. The van der Waals surface area contributed by atoms with Crippen molar-refractivity contribution < 1.29 is 4.74 Å². The second-order valence-electron chi connectivity index (χ2n) is 4.65. The van der Waals surface area contributed by atoms with Crippen molar-refractivity contribution in [3.8, 4) is 5.75 Å². The molecule has 0 fully saturated rings. The second-order valence-corrected chi connectivity index (χ2v) is 4.65. The Morgan fingerprint density at radius 2 is 1.71 bits per heavy atom. The van der Waals surface area contributed by atoms with Gasteiger partial charge in [-0.05, 0) is 12.1 Å². The average Bonchev–Trinajstić information content (AvgIpc) is 2.78. The topological polar surface area (TPSA) is 21.3 Å². The number of para-hydroxylation sites is 2. The van der Waals surface area contributed by atoms with Crippen LogP contribution in [0.4, 0.5) is 5.69 Å². The highest BCUT2D eigenvalue weighted by Crippen LogP contribution is 2.49. The molecule has 2 heteroatoms. The van der Waals surface area contributed by atoms with Gasteiger partial charge < -0.3 is 10.1 Å². The number of hydrogen-bond acceptors (Lipinski definition) is 2. The summed E-state index contributed by atoms with van der Waals surface area (Å²) < 4.78 is 6.10. The number of benzene rings is 2. The van der Waals surface area contributed by atoms with Crippen LogP contribution in [0.25, 0.3) is 0 Å². The van der Waals surface area contributed by atoms with Gasteiger partial charge in [-0.25, -0.2) is 0 Å². The fraction of sp³-hybridized carbons (Fsp3) is 0.200. The molecule has 0 radical (unpaired) electrons. The van der Waals surface area contributed by atoms with E-state index in [2.05, 4.69) is 47.8 Å². The Bertz CT molecular complexity index is 579. The normalized spacial score (nSPS) is 24.0. The van der Waals surface area contributed by atoms with Gasteiger partial charge in [0.1, 0.15) is 11.9 Å². The Kier molecular flexibility index (Phi) is 1.75. The number of fused-ring (bicyclic) bond motifs is 5. The van der Waals surface area contributed by atoms with Gasteiger partial charge in [0.05, 0.1) is 0 Å². The number of anilines is 1. The van der Waals surface area contributed by atoms with Crippen molar-refractivity contribution in [2.45, 2.75) is 12.0 Å². The first-order chi connectivity index (χ1) is 8.43. The SMILES string of the molecule is c1ccc2c(c1)NC[C@@H]1c3ccccc3O[C@H]21. The molecule has 0 unspecified atom stereocenters. The summed E-state index contributed by atoms with van der Waals surface area (Å²) in [6, 6.07) is 16.8. The van der Waals surface area contributed by atoms with E-state index in [-0.39, 0.29) is 6.10 Å². The Hall–Kier alpha value is -1.96. The van der Waals surface area contributed by atoms with E-state index < -0.39 is 0 Å². The third-order valence-corrected chi connectivity index (χ3v) is 3.72. The molecule has 2 atom stereocenters. The van der Waals surface area contributed by atoms with Crippen LogP contribution < -0.4 is 10.1 Å². The molecule has 0 saturated carbocycles. The van der Waals surface area contributed by atoms with Crippen LogP contribution in [0.3, 0.4) is 0 Å². The van der Waals surface area contributed by atoms with Crippen molar-refractivity contribution in [1.29, 1.82) is 0 Å². The minimum Gasteiger partial charge on any atom is -0.485 e. The summed E-state index contributed by atoms with van der Waals surface area (Å²) in [7, 11) is 0. The lowest BCUT2D eigenvalue weighted by Crippen LogP contribution is -2.24. The van der Waals surface area contributed by atoms with E-state index in [1.165, 1.54) is 16.8 Å². The predicted molar refractivity (Wildman–Crippen MR) is 67.5 cm³/mol. The summed E-state index contributed by atoms with van der Waals surface area (Å²) in [5.74, 6) is 1.49. The van der Waals surface area contributed by atoms with Crippen molar-refractivity contribution >= 4 is 5.69 Å². The molecule has 0 spiro atoms. The number of rotatable bonds is 0. The van der Waals surface area contributed by atoms with Crippen molar-refractivity contribution in [2.75, 3.05) is 11.9 Å². The first-order valence-electron chi connectivity index (χ1n) is 6.02. The van der Waals surface area contributed by atoms with Crippen molar-refractivity contribution in [3.05, 3.63) is 59.7 Å². The van der Waals surface area contributed by atoms with Crippen molar-refractivity contribution in [1.82, 2.24) is 0 Å². The molecule has 0 amide bonds. The number of nitrogens with one attached hydrogen (secondary N) is 1. The van der Waals surface area contributed by atoms with E-state index in [0.29, 0.717) is 5.92 Å². The lowest BCUT2D eigenvalue weighted by molar-refractivity contribution is 0.210. The molecule has 2 aliphatic heterocycles. The zero-order valence-corrected chi connectivity index (χ0v) is 9.39. The van der Waals surface area contributed by atoms with Gasteiger partial charge in [0.25, 0.3) is 0 Å². The van der Waals surface area contributed by atoms with Crippen LogP contribution in [0.1, 0.15) is 23.1 Å². The lowest BCUT2D eigenvalue weighted by Gasteiger charge is -2.28. The zero-order chi connectivity index (χ0) is 11.2. The standard InChI is InChI=1S/C15H13NO/c1-3-7-13-11(6-1)15-12(9-16-13)10-5-2-4-8-14(10)17-15/h1-8,12,15-16H,9H2/t12-,15-/m1/s1. The lowest BCUT2D eigenvalue weighted by atomic mass is 9.87. The molecule has 2 aromatic rings. The highest BCUT2D eigenvalue weighted by Gasteiger charge is 2.38. The van der Waals surface area contributed by atoms with E-state index in [1.807, 2.05) is 6.07 Å². The highest BCUT2D eigenvalue weighted by molar-refractivity contribution is 5.59. The first kappa shape index (κ1) is 9.11. The molecule has 84 valence electrons. The Morgan fingerprint density at radius 3 is 2.65 bits per heavy atom. The molecular weight excluding hydrogens is 210 g/mol. The van der Waals surface area contributed by atoms with Gasteiger partial charge in [0.15, 0.2) is 0 Å². The third-order valence-electron chi connectivity index (χ3n) is 3.72. The monoisotopic (exact) mass is 223 g/mol. The van der Waals surface area contributed by atoms with Gasteiger partial charge in [0, 0.05) is 29.3 Å². The molecule has 2 nitrogen and oxygen atoms in total. The van der Waals surface area contributed by atoms with E-state index in [0.717, 1.165) is 12.3 Å². The Balaban J connectivity index is 1.85. The fourth-order valence-electron chi connectivity index (χ4n) is 2.90. The number of ether oxygens (including phenoxy) is 1. The summed E-state index contributed by atoms with van der Waals surface area (Å²) in [5, 5.41) is 3.49. The molecule has 0 saturated heterocycles. The third kappa shape index (κ3) is 1.21. The average molecular weight is 223 g/mol. The van der Waals surface area contributed by atoms with Crippen LogP contribution in [0.5, 0.6) is 5.75 Å². The molecule has 4 rings (SSSR count). The van der Waals surface area contributed by atoms with Crippen LogP contribution in [0, 0.1) is 0 Å². The summed E-state index contributed by atoms with van der Waals surface area (Å²) >= 11 is 0. The van der Waals surface area contributed by atoms with Crippen molar-refractivity contribution in [3.63, 3.8) is 0 Å². The zero-order valence-electron chi connectivity index (χ0n) is 9.39. The summed E-state index contributed by atoms with van der Waals surface area (Å²) in [5.41, 5.74) is 3.82. The van der Waals surface area contributed by atoms with Crippen LogP contribution in [0.15, 0.2) is 48.5 Å². The second kappa shape index (κ2) is 3.27. The first-order valence-corrected chi connectivity index (χ1v) is 6.02. The van der Waals surface area contributed by atoms with Gasteiger partial charge in [-0.3, -0.25) is 0 Å². The van der Waals surface area contributed by atoms with E-state index in [9.17, 15) is 0 Å². The molecular formula is C15H13NO. The molecule has 1 N–H and O–H groups in total. The maximum atomic E-state index is 6.10. The summed E-state index contributed by atoms with van der Waals surface area (Å²) in [4.78, 5) is 0. The Morgan fingerprint density at radius 1 is 0.941 bits per heavy atom. The van der Waals surface area contributed by atoms with Gasteiger partial charge in [-0.1, -0.05) is 36.4 Å². The van der Waals surface area contributed by atoms with Gasteiger partial charge in [-0.2, -0.15) is 0 Å². The van der Waals surface area contributed by atoms with Crippen molar-refractivity contribution in [2.24, 2.45) is 0 Å². The highest BCUT2D eigenvalue weighted by atomic mass is 16.5. The van der Waals surface area contributed by atoms with Crippen LogP contribution in [0.2, 0.25) is 0 Å². The largest absolute Gasteiger partial charge is 0.485 e. The maximum Gasteiger partial charge on any atom is 0.134 e. The van der Waals surface area contributed by atoms with Crippen LogP contribution >= 0.6 is 0 Å². The maximum absolute atomic E-state index is 6.10. The van der Waals surface area contributed by atoms with Crippen LogP contribution in [-0.2, 0) is 0 Å².